The number of fused-ring (bicyclic) bond motifs is 2. The van der Waals surface area contributed by atoms with Gasteiger partial charge >= 0.3 is 5.97 Å². The predicted octanol–water partition coefficient (Wildman–Crippen LogP) is 4.21. The minimum atomic E-state index is -0.842. The van der Waals surface area contributed by atoms with Gasteiger partial charge in [0.2, 0.25) is 0 Å². The van der Waals surface area contributed by atoms with Gasteiger partial charge in [-0.25, -0.2) is 4.39 Å². The van der Waals surface area contributed by atoms with E-state index < -0.39 is 5.97 Å². The van der Waals surface area contributed by atoms with Crippen LogP contribution in [0.1, 0.15) is 41.6 Å². The summed E-state index contributed by atoms with van der Waals surface area (Å²) in [7, 11) is 0. The van der Waals surface area contributed by atoms with E-state index in [1.807, 2.05) is 6.07 Å². The van der Waals surface area contributed by atoms with Gasteiger partial charge < -0.3 is 24.6 Å². The third kappa shape index (κ3) is 5.19. The monoisotopic (exact) mass is 493 g/mol. The zero-order chi connectivity index (χ0) is 21.8. The van der Waals surface area contributed by atoms with Crippen molar-refractivity contribution in [3.8, 4) is 11.5 Å². The van der Waals surface area contributed by atoms with Crippen LogP contribution in [0.5, 0.6) is 11.5 Å². The van der Waals surface area contributed by atoms with Crippen molar-refractivity contribution in [3.63, 3.8) is 0 Å². The number of aliphatic carboxylic acids is 1. The highest BCUT2D eigenvalue weighted by Crippen LogP contribution is 2.42. The number of ether oxygens (including phenoxy) is 3. The highest BCUT2D eigenvalue weighted by atomic mass is 79.9. The summed E-state index contributed by atoms with van der Waals surface area (Å²) in [5.74, 6) is 0.0239. The maximum Gasteiger partial charge on any atom is 0.304 e. The summed E-state index contributed by atoms with van der Waals surface area (Å²) in [5.41, 5.74) is 2.46. The van der Waals surface area contributed by atoms with Crippen LogP contribution in [0.3, 0.4) is 0 Å². The van der Waals surface area contributed by atoms with Gasteiger partial charge in [0.1, 0.15) is 23.4 Å². The Balaban J connectivity index is 0.000000334. The lowest BCUT2D eigenvalue weighted by Gasteiger charge is -2.16. The average molecular weight is 494 g/mol. The van der Waals surface area contributed by atoms with Gasteiger partial charge in [-0.15, -0.1) is 0 Å². The van der Waals surface area contributed by atoms with Crippen LogP contribution < -0.4 is 14.8 Å². The number of nitrogens with one attached hydrogen (secondary N) is 1. The largest absolute Gasteiger partial charge is 0.492 e. The molecule has 3 aliphatic rings. The number of carbonyl (C=O) groups is 1. The molecular weight excluding hydrogens is 469 g/mol. The molecule has 5 rings (SSSR count). The maximum absolute atomic E-state index is 14.2. The van der Waals surface area contributed by atoms with Crippen molar-refractivity contribution in [1.29, 1.82) is 0 Å². The molecule has 2 heterocycles. The number of hydrogen-bond donors (Lipinski definition) is 2. The predicted molar refractivity (Wildman–Crippen MR) is 116 cm³/mol. The highest BCUT2D eigenvalue weighted by molar-refractivity contribution is 9.10. The number of morpholine rings is 1. The lowest BCUT2D eigenvalue weighted by molar-refractivity contribution is -0.137. The fourth-order valence-corrected chi connectivity index (χ4v) is 4.68. The second-order valence-electron chi connectivity index (χ2n) is 7.73. The highest BCUT2D eigenvalue weighted by Gasteiger charge is 2.31. The minimum absolute atomic E-state index is 0.0441. The summed E-state index contributed by atoms with van der Waals surface area (Å²) >= 11 is 3.47. The minimum Gasteiger partial charge on any atom is -0.492 e. The molecule has 2 aromatic rings. The Morgan fingerprint density at radius 3 is 2.74 bits per heavy atom. The molecule has 0 radical (unpaired) electrons. The Labute approximate surface area is 188 Å². The van der Waals surface area contributed by atoms with Crippen LogP contribution in [0, 0.1) is 5.82 Å². The molecule has 0 saturated carbocycles. The van der Waals surface area contributed by atoms with Crippen LogP contribution >= 0.6 is 15.9 Å². The van der Waals surface area contributed by atoms with Gasteiger partial charge in [0.05, 0.1) is 26.2 Å². The van der Waals surface area contributed by atoms with E-state index in [2.05, 4.69) is 21.2 Å². The SMILES string of the molecule is C1COCCN1.O=C(O)C[C@@H]1COc2cc(O[C@@H]3CCc4c(Br)ccc(F)c43)ccc21. The van der Waals surface area contributed by atoms with Crippen LogP contribution in [0.2, 0.25) is 0 Å². The first-order valence-corrected chi connectivity index (χ1v) is 11.2. The van der Waals surface area contributed by atoms with Crippen molar-refractivity contribution in [1.82, 2.24) is 5.32 Å². The molecule has 31 heavy (non-hydrogen) atoms. The molecule has 0 aromatic heterocycles. The van der Waals surface area contributed by atoms with Gasteiger partial charge in [-0.2, -0.15) is 0 Å². The molecule has 166 valence electrons. The van der Waals surface area contributed by atoms with E-state index in [0.717, 1.165) is 48.3 Å². The average Bonchev–Trinajstić information content (AvgIpc) is 3.37. The Hall–Kier alpha value is -2.16. The van der Waals surface area contributed by atoms with Gasteiger partial charge in [0.25, 0.3) is 0 Å². The van der Waals surface area contributed by atoms with Gasteiger partial charge in [-0.1, -0.05) is 22.0 Å². The number of benzene rings is 2. The zero-order valence-corrected chi connectivity index (χ0v) is 18.6. The Bertz CT molecular complexity index is 938. The molecule has 0 bridgehead atoms. The normalized spacial score (nSPS) is 21.4. The van der Waals surface area contributed by atoms with E-state index in [-0.39, 0.29) is 24.3 Å². The van der Waals surface area contributed by atoms with Crippen molar-refractivity contribution < 1.29 is 28.5 Å². The summed E-state index contributed by atoms with van der Waals surface area (Å²) in [5, 5.41) is 12.1. The van der Waals surface area contributed by atoms with E-state index in [1.54, 1.807) is 18.2 Å². The number of halogens is 2. The van der Waals surface area contributed by atoms with Gasteiger partial charge in [-0.3, -0.25) is 4.79 Å². The van der Waals surface area contributed by atoms with E-state index in [0.29, 0.717) is 30.1 Å². The molecule has 0 amide bonds. The molecule has 2 aliphatic heterocycles. The van der Waals surface area contributed by atoms with Crippen LogP contribution in [0.15, 0.2) is 34.8 Å². The summed E-state index contributed by atoms with van der Waals surface area (Å²) in [6, 6.07) is 8.59. The molecule has 1 aliphatic carbocycles. The first kappa shape index (κ1) is 22.0. The molecule has 6 nitrogen and oxygen atoms in total. The summed E-state index contributed by atoms with van der Waals surface area (Å²) < 4.78 is 31.8. The van der Waals surface area contributed by atoms with Crippen LogP contribution in [-0.2, 0) is 16.0 Å². The lowest BCUT2D eigenvalue weighted by atomic mass is 9.98. The molecule has 8 heteroatoms. The first-order chi connectivity index (χ1) is 15.0. The quantitative estimate of drug-likeness (QED) is 0.664. The van der Waals surface area contributed by atoms with E-state index in [9.17, 15) is 9.18 Å². The number of hydrogen-bond acceptors (Lipinski definition) is 5. The Morgan fingerprint density at radius 1 is 1.26 bits per heavy atom. The topological polar surface area (TPSA) is 77.0 Å². The standard InChI is InChI=1S/C19H16BrFO4.C4H9NO/c20-14-4-5-15(21)19-13(14)3-6-16(19)25-11-1-2-12-10(7-18(22)23)9-24-17(12)8-11;1-3-6-4-2-5-1/h1-2,4-5,8,10,16H,3,6-7,9H2,(H,22,23);5H,1-4H2/t10-,16-;/m1./s1. The van der Waals surface area contributed by atoms with Crippen LogP contribution in [-0.4, -0.2) is 44.0 Å². The van der Waals surface area contributed by atoms with Crippen molar-refractivity contribution in [2.75, 3.05) is 32.9 Å². The fourth-order valence-electron chi connectivity index (χ4n) is 4.14. The third-order valence-corrected chi connectivity index (χ3v) is 6.38. The first-order valence-electron chi connectivity index (χ1n) is 10.4. The van der Waals surface area contributed by atoms with Crippen molar-refractivity contribution in [3.05, 3.63) is 57.3 Å². The van der Waals surface area contributed by atoms with Crippen LogP contribution in [0.4, 0.5) is 4.39 Å². The second-order valence-corrected chi connectivity index (χ2v) is 8.59. The van der Waals surface area contributed by atoms with E-state index in [4.69, 9.17) is 19.3 Å². The lowest BCUT2D eigenvalue weighted by Crippen LogP contribution is -2.30. The second kappa shape index (κ2) is 9.97. The third-order valence-electron chi connectivity index (χ3n) is 5.64. The van der Waals surface area contributed by atoms with Crippen molar-refractivity contribution in [2.24, 2.45) is 0 Å². The molecule has 0 unspecified atom stereocenters. The fraction of sp³-hybridized carbons (Fsp3) is 0.435. The number of rotatable bonds is 4. The Kier molecular flexibility index (Phi) is 7.09. The van der Waals surface area contributed by atoms with Gasteiger partial charge in [0.15, 0.2) is 0 Å². The van der Waals surface area contributed by atoms with E-state index in [1.165, 1.54) is 6.07 Å². The van der Waals surface area contributed by atoms with Gasteiger partial charge in [-0.05, 0) is 36.6 Å². The molecule has 0 spiro atoms. The van der Waals surface area contributed by atoms with Crippen LogP contribution in [0.25, 0.3) is 0 Å². The molecule has 2 N–H and O–H groups in total. The molecule has 1 fully saturated rings. The van der Waals surface area contributed by atoms with E-state index >= 15 is 0 Å². The number of carboxylic acids is 1. The molecule has 2 aromatic carbocycles. The van der Waals surface area contributed by atoms with Crippen molar-refractivity contribution >= 4 is 21.9 Å². The summed E-state index contributed by atoms with van der Waals surface area (Å²) in [6.45, 7) is 4.19. The summed E-state index contributed by atoms with van der Waals surface area (Å²) in [4.78, 5) is 10.9. The molecular formula is C23H25BrFNO5. The molecule has 2 atom stereocenters. The van der Waals surface area contributed by atoms with Crippen molar-refractivity contribution in [2.45, 2.75) is 31.3 Å². The smallest absolute Gasteiger partial charge is 0.304 e. The Morgan fingerprint density at radius 2 is 2.06 bits per heavy atom. The zero-order valence-electron chi connectivity index (χ0n) is 17.0. The van der Waals surface area contributed by atoms with Gasteiger partial charge in [0, 0.05) is 40.7 Å². The maximum atomic E-state index is 14.2. The molecule has 1 saturated heterocycles. The summed E-state index contributed by atoms with van der Waals surface area (Å²) in [6.07, 6.45) is 1.19. The number of carboxylic acid groups (broad SMARTS) is 1.